The van der Waals surface area contributed by atoms with Crippen molar-refractivity contribution in [3.05, 3.63) is 66.5 Å². The van der Waals surface area contributed by atoms with Crippen molar-refractivity contribution in [2.24, 2.45) is 5.92 Å². The first-order valence-electron chi connectivity index (χ1n) is 10.4. The Morgan fingerprint density at radius 2 is 2.06 bits per heavy atom. The predicted molar refractivity (Wildman–Crippen MR) is 115 cm³/mol. The van der Waals surface area contributed by atoms with Crippen LogP contribution < -0.4 is 4.74 Å². The number of nitrogens with zero attached hydrogens (tertiary/aromatic N) is 1. The van der Waals surface area contributed by atoms with E-state index in [1.807, 2.05) is 38.1 Å². The summed E-state index contributed by atoms with van der Waals surface area (Å²) in [4.78, 5) is 14.9. The van der Waals surface area contributed by atoms with Crippen molar-refractivity contribution in [1.82, 2.24) is 4.98 Å². The van der Waals surface area contributed by atoms with E-state index in [0.717, 1.165) is 5.56 Å². The van der Waals surface area contributed by atoms with E-state index in [0.29, 0.717) is 25.2 Å². The number of pyridine rings is 1. The van der Waals surface area contributed by atoms with Gasteiger partial charge in [-0.05, 0) is 50.5 Å². The zero-order chi connectivity index (χ0) is 22.3. The minimum atomic E-state index is -0.860. The highest BCUT2D eigenvalue weighted by Crippen LogP contribution is 2.39. The Morgan fingerprint density at radius 1 is 1.26 bits per heavy atom. The molecule has 166 valence electrons. The van der Waals surface area contributed by atoms with Crippen molar-refractivity contribution < 1.29 is 29.2 Å². The molecule has 1 aromatic heterocycles. The second-order valence-electron chi connectivity index (χ2n) is 8.08. The van der Waals surface area contributed by atoms with Crippen LogP contribution >= 0.6 is 0 Å². The fraction of sp³-hybridized carbons (Fsp3) is 0.417. The minimum absolute atomic E-state index is 0.0439. The van der Waals surface area contributed by atoms with Gasteiger partial charge in [-0.25, -0.2) is 0 Å². The van der Waals surface area contributed by atoms with E-state index in [1.165, 1.54) is 0 Å². The quantitative estimate of drug-likeness (QED) is 0.569. The number of aromatic hydroxyl groups is 1. The average molecular weight is 427 g/mol. The van der Waals surface area contributed by atoms with E-state index in [-0.39, 0.29) is 24.2 Å². The number of hydrogen-bond donors (Lipinski definition) is 2. The number of hydrogen-bond acceptors (Lipinski definition) is 6. The van der Waals surface area contributed by atoms with Gasteiger partial charge in [0.25, 0.3) is 0 Å². The number of ether oxygens (including phenoxy) is 3. The predicted octanol–water partition coefficient (Wildman–Crippen LogP) is 4.49. The third-order valence-electron chi connectivity index (χ3n) is 5.11. The Balaban J connectivity index is 1.72. The molecule has 3 rings (SSSR count). The number of aromatic nitrogens is 1. The number of phenols is 1. The molecule has 7 nitrogen and oxygen atoms in total. The van der Waals surface area contributed by atoms with Crippen LogP contribution in [-0.2, 0) is 14.3 Å². The van der Waals surface area contributed by atoms with Crippen LogP contribution in [0.25, 0.3) is 0 Å². The van der Waals surface area contributed by atoms with Gasteiger partial charge in [0, 0.05) is 24.7 Å². The van der Waals surface area contributed by atoms with Gasteiger partial charge in [0.1, 0.15) is 0 Å². The zero-order valence-electron chi connectivity index (χ0n) is 17.8. The van der Waals surface area contributed by atoms with Gasteiger partial charge in [-0.2, -0.15) is 0 Å². The van der Waals surface area contributed by atoms with Crippen molar-refractivity contribution in [3.63, 3.8) is 0 Å². The number of carboxylic acid groups (broad SMARTS) is 1. The molecule has 2 aromatic rings. The summed E-state index contributed by atoms with van der Waals surface area (Å²) in [7, 11) is 0. The molecule has 1 aliphatic heterocycles. The average Bonchev–Trinajstić information content (AvgIpc) is 2.75. The highest BCUT2D eigenvalue weighted by molar-refractivity contribution is 5.66. The van der Waals surface area contributed by atoms with Gasteiger partial charge in [0.15, 0.2) is 23.4 Å². The summed E-state index contributed by atoms with van der Waals surface area (Å²) >= 11 is 0. The van der Waals surface area contributed by atoms with Gasteiger partial charge < -0.3 is 24.4 Å². The Hall–Kier alpha value is -2.90. The summed E-state index contributed by atoms with van der Waals surface area (Å²) in [6.45, 7) is 4.16. The Morgan fingerprint density at radius 3 is 2.77 bits per heavy atom. The summed E-state index contributed by atoms with van der Waals surface area (Å²) < 4.78 is 18.4. The van der Waals surface area contributed by atoms with E-state index in [9.17, 15) is 9.90 Å². The highest BCUT2D eigenvalue weighted by atomic mass is 16.7. The smallest absolute Gasteiger partial charge is 0.303 e. The molecule has 0 amide bonds. The molecule has 0 aliphatic carbocycles. The number of para-hydroxylation sites is 2. The van der Waals surface area contributed by atoms with Crippen LogP contribution in [-0.4, -0.2) is 39.7 Å². The van der Waals surface area contributed by atoms with Gasteiger partial charge in [-0.3, -0.25) is 9.78 Å². The molecule has 7 heteroatoms. The van der Waals surface area contributed by atoms with E-state index in [4.69, 9.17) is 19.3 Å². The Bertz CT molecular complexity index is 883. The van der Waals surface area contributed by atoms with E-state index < -0.39 is 17.9 Å². The summed E-state index contributed by atoms with van der Waals surface area (Å²) in [5, 5.41) is 18.8. The first-order chi connectivity index (χ1) is 14.9. The fourth-order valence-electron chi connectivity index (χ4n) is 3.50. The molecule has 1 fully saturated rings. The summed E-state index contributed by atoms with van der Waals surface area (Å²) in [6.07, 6.45) is 7.73. The molecule has 2 heterocycles. The SMILES string of the molecule is CC(C)(Oc1ccccc1O)C1OCC(C/C=C\CCC(=O)O)C(c2cccnc2)O1. The molecule has 3 atom stereocenters. The van der Waals surface area contributed by atoms with Crippen LogP contribution in [0.4, 0.5) is 0 Å². The monoisotopic (exact) mass is 427 g/mol. The lowest BCUT2D eigenvalue weighted by Crippen LogP contribution is -2.50. The van der Waals surface area contributed by atoms with Crippen LogP contribution in [0, 0.1) is 5.92 Å². The van der Waals surface area contributed by atoms with Crippen molar-refractivity contribution in [2.75, 3.05) is 6.61 Å². The van der Waals surface area contributed by atoms with Gasteiger partial charge in [-0.15, -0.1) is 0 Å². The lowest BCUT2D eigenvalue weighted by molar-refractivity contribution is -0.288. The lowest BCUT2D eigenvalue weighted by Gasteiger charge is -2.42. The van der Waals surface area contributed by atoms with Gasteiger partial charge in [0.05, 0.1) is 12.7 Å². The van der Waals surface area contributed by atoms with Crippen LogP contribution in [0.5, 0.6) is 11.5 Å². The first-order valence-corrected chi connectivity index (χ1v) is 10.4. The molecule has 1 aliphatic rings. The molecule has 0 radical (unpaired) electrons. The van der Waals surface area contributed by atoms with Crippen LogP contribution in [0.2, 0.25) is 0 Å². The van der Waals surface area contributed by atoms with Gasteiger partial charge >= 0.3 is 5.97 Å². The Kier molecular flexibility index (Phi) is 7.65. The number of phenolic OH excluding ortho intramolecular Hbond substituents is 1. The minimum Gasteiger partial charge on any atom is -0.504 e. The van der Waals surface area contributed by atoms with Crippen molar-refractivity contribution >= 4 is 5.97 Å². The fourth-order valence-corrected chi connectivity index (χ4v) is 3.50. The number of carbonyl (C=O) groups is 1. The third-order valence-corrected chi connectivity index (χ3v) is 5.11. The van der Waals surface area contributed by atoms with E-state index >= 15 is 0 Å². The molecule has 31 heavy (non-hydrogen) atoms. The molecule has 1 aromatic carbocycles. The molecule has 0 spiro atoms. The largest absolute Gasteiger partial charge is 0.504 e. The maximum atomic E-state index is 10.7. The maximum Gasteiger partial charge on any atom is 0.303 e. The molecule has 3 unspecified atom stereocenters. The summed E-state index contributed by atoms with van der Waals surface area (Å²) in [6, 6.07) is 10.6. The Labute approximate surface area is 182 Å². The van der Waals surface area contributed by atoms with Crippen molar-refractivity contribution in [3.8, 4) is 11.5 Å². The number of carboxylic acids is 1. The van der Waals surface area contributed by atoms with E-state index in [2.05, 4.69) is 4.98 Å². The number of benzene rings is 1. The van der Waals surface area contributed by atoms with Crippen LogP contribution in [0.3, 0.4) is 0 Å². The third kappa shape index (κ3) is 6.29. The second kappa shape index (κ2) is 10.4. The van der Waals surface area contributed by atoms with Gasteiger partial charge in [-0.1, -0.05) is 30.4 Å². The van der Waals surface area contributed by atoms with Crippen molar-refractivity contribution in [2.45, 2.75) is 51.1 Å². The zero-order valence-corrected chi connectivity index (χ0v) is 17.8. The van der Waals surface area contributed by atoms with Crippen LogP contribution in [0.15, 0.2) is 60.9 Å². The standard InChI is InChI=1S/C24H29NO6/c1-24(2,31-20-12-7-6-11-19(20)26)23-29-16-18(9-4-3-5-13-21(27)28)22(30-23)17-10-8-14-25-15-17/h3-4,6-8,10-12,14-15,18,22-23,26H,5,9,13,16H2,1-2H3,(H,27,28)/b4-3-. The lowest BCUT2D eigenvalue weighted by atomic mass is 9.92. The maximum absolute atomic E-state index is 10.7. The first kappa shape index (κ1) is 22.8. The molecular weight excluding hydrogens is 398 g/mol. The second-order valence-corrected chi connectivity index (χ2v) is 8.08. The van der Waals surface area contributed by atoms with E-state index in [1.54, 1.807) is 36.7 Å². The molecule has 0 bridgehead atoms. The van der Waals surface area contributed by atoms with Gasteiger partial charge in [0.2, 0.25) is 0 Å². The number of allylic oxidation sites excluding steroid dienone is 2. The molecular formula is C24H29NO6. The summed E-state index contributed by atoms with van der Waals surface area (Å²) in [5.74, 6) is -0.347. The number of rotatable bonds is 9. The summed E-state index contributed by atoms with van der Waals surface area (Å²) in [5.41, 5.74) is 0.0831. The highest BCUT2D eigenvalue weighted by Gasteiger charge is 2.42. The molecule has 2 N–H and O–H groups in total. The molecule has 1 saturated heterocycles. The number of aliphatic carboxylic acids is 1. The molecule has 0 saturated carbocycles. The van der Waals surface area contributed by atoms with Crippen LogP contribution in [0.1, 0.15) is 44.8 Å². The van der Waals surface area contributed by atoms with Crippen molar-refractivity contribution in [1.29, 1.82) is 0 Å². The normalized spacial score (nSPS) is 21.8. The topological polar surface area (TPSA) is 98.1 Å².